The summed E-state index contributed by atoms with van der Waals surface area (Å²) in [5.74, 6) is 1.04. The average Bonchev–Trinajstić information content (AvgIpc) is 2.56. The second-order valence-electron chi connectivity index (χ2n) is 5.74. The number of nitrogens with zero attached hydrogens (tertiary/aromatic N) is 4. The van der Waals surface area contributed by atoms with Crippen LogP contribution in [0.2, 0.25) is 0 Å². The van der Waals surface area contributed by atoms with E-state index in [4.69, 9.17) is 0 Å². The number of likely N-dealkylation sites (N-methyl/N-ethyl adjacent to an activating group) is 1. The van der Waals surface area contributed by atoms with Gasteiger partial charge in [0.1, 0.15) is 5.82 Å². The third-order valence-corrected chi connectivity index (χ3v) is 4.22. The highest BCUT2D eigenvalue weighted by molar-refractivity contribution is 5.95. The molecule has 1 aromatic rings. The van der Waals surface area contributed by atoms with Gasteiger partial charge in [-0.3, -0.25) is 4.79 Å². The molecule has 1 N–H and O–H groups in total. The summed E-state index contributed by atoms with van der Waals surface area (Å²) in [6.45, 7) is 7.33. The minimum Gasteiger partial charge on any atom is -0.354 e. The molecule has 0 bridgehead atoms. The standard InChI is InChI=1S/C15H23N5O.2ClH/c1-18-8-10-19(11-9-18)14-12-13(2-3-17-14)15(21)20-6-4-16-5-7-20;;/h2-3,12,16H,4-11H2,1H3;2*1H. The van der Waals surface area contributed by atoms with Crippen molar-refractivity contribution in [1.29, 1.82) is 0 Å². The lowest BCUT2D eigenvalue weighted by atomic mass is 10.2. The molecule has 2 fully saturated rings. The van der Waals surface area contributed by atoms with E-state index in [1.807, 2.05) is 17.0 Å². The van der Waals surface area contributed by atoms with Crippen LogP contribution in [0.15, 0.2) is 18.3 Å². The Morgan fingerprint density at radius 2 is 1.74 bits per heavy atom. The van der Waals surface area contributed by atoms with E-state index in [9.17, 15) is 4.79 Å². The van der Waals surface area contributed by atoms with E-state index in [1.165, 1.54) is 0 Å². The minimum absolute atomic E-state index is 0. The predicted octanol–water partition coefficient (Wildman–Crippen LogP) is 0.722. The number of carbonyl (C=O) groups excluding carboxylic acids is 1. The maximum absolute atomic E-state index is 12.5. The fourth-order valence-electron chi connectivity index (χ4n) is 2.81. The molecule has 2 aliphatic rings. The first-order valence-electron chi connectivity index (χ1n) is 7.63. The van der Waals surface area contributed by atoms with Crippen molar-refractivity contribution in [2.45, 2.75) is 0 Å². The molecule has 0 saturated carbocycles. The number of halogens is 2. The van der Waals surface area contributed by atoms with E-state index in [0.717, 1.165) is 63.7 Å². The van der Waals surface area contributed by atoms with Gasteiger partial charge in [0.05, 0.1) is 0 Å². The molecule has 23 heavy (non-hydrogen) atoms. The normalized spacial score (nSPS) is 18.8. The number of pyridine rings is 1. The molecular formula is C15H25Cl2N5O. The topological polar surface area (TPSA) is 51.7 Å². The van der Waals surface area contributed by atoms with Crippen molar-refractivity contribution in [3.05, 3.63) is 23.9 Å². The van der Waals surface area contributed by atoms with Crippen LogP contribution in [-0.2, 0) is 0 Å². The van der Waals surface area contributed by atoms with Gasteiger partial charge in [-0.05, 0) is 19.2 Å². The molecule has 0 aliphatic carbocycles. The van der Waals surface area contributed by atoms with Crippen molar-refractivity contribution >= 4 is 36.5 Å². The number of carbonyl (C=O) groups is 1. The fourth-order valence-corrected chi connectivity index (χ4v) is 2.81. The largest absolute Gasteiger partial charge is 0.354 e. The molecular weight excluding hydrogens is 337 g/mol. The Labute approximate surface area is 150 Å². The summed E-state index contributed by atoms with van der Waals surface area (Å²) in [6.07, 6.45) is 1.75. The summed E-state index contributed by atoms with van der Waals surface area (Å²) in [4.78, 5) is 23.5. The Bertz CT molecular complexity index is 502. The predicted molar refractivity (Wildman–Crippen MR) is 97.2 cm³/mol. The molecule has 1 aromatic heterocycles. The zero-order valence-electron chi connectivity index (χ0n) is 13.4. The molecule has 0 radical (unpaired) electrons. The Morgan fingerprint density at radius 3 is 2.39 bits per heavy atom. The van der Waals surface area contributed by atoms with Gasteiger partial charge in [-0.15, -0.1) is 24.8 Å². The molecule has 0 spiro atoms. The lowest BCUT2D eigenvalue weighted by Crippen LogP contribution is -2.46. The molecule has 2 aliphatic heterocycles. The van der Waals surface area contributed by atoms with E-state index in [2.05, 4.69) is 27.1 Å². The summed E-state index contributed by atoms with van der Waals surface area (Å²) < 4.78 is 0. The highest BCUT2D eigenvalue weighted by atomic mass is 35.5. The maximum atomic E-state index is 12.5. The summed E-state index contributed by atoms with van der Waals surface area (Å²) in [5.41, 5.74) is 0.751. The molecule has 0 unspecified atom stereocenters. The molecule has 3 heterocycles. The van der Waals surface area contributed by atoms with Crippen LogP contribution in [0, 0.1) is 0 Å². The Balaban J connectivity index is 0.00000132. The lowest BCUT2D eigenvalue weighted by Gasteiger charge is -2.33. The number of anilines is 1. The van der Waals surface area contributed by atoms with Crippen LogP contribution in [0.3, 0.4) is 0 Å². The number of piperazine rings is 2. The molecule has 2 saturated heterocycles. The summed E-state index contributed by atoms with van der Waals surface area (Å²) in [5, 5.41) is 3.27. The average molecular weight is 362 g/mol. The third-order valence-electron chi connectivity index (χ3n) is 4.22. The van der Waals surface area contributed by atoms with E-state index in [1.54, 1.807) is 6.20 Å². The van der Waals surface area contributed by atoms with Crippen LogP contribution in [0.25, 0.3) is 0 Å². The molecule has 8 heteroatoms. The molecule has 0 aromatic carbocycles. The van der Waals surface area contributed by atoms with Crippen LogP contribution in [-0.4, -0.2) is 80.1 Å². The first-order chi connectivity index (χ1) is 10.2. The van der Waals surface area contributed by atoms with Gasteiger partial charge in [-0.1, -0.05) is 0 Å². The zero-order chi connectivity index (χ0) is 14.7. The van der Waals surface area contributed by atoms with Crippen molar-refractivity contribution in [1.82, 2.24) is 20.1 Å². The number of aromatic nitrogens is 1. The van der Waals surface area contributed by atoms with Crippen molar-refractivity contribution in [3.8, 4) is 0 Å². The van der Waals surface area contributed by atoms with Gasteiger partial charge in [0.2, 0.25) is 0 Å². The molecule has 130 valence electrons. The van der Waals surface area contributed by atoms with Gasteiger partial charge in [0, 0.05) is 64.1 Å². The fraction of sp³-hybridized carbons (Fsp3) is 0.600. The number of amides is 1. The van der Waals surface area contributed by atoms with Crippen molar-refractivity contribution < 1.29 is 4.79 Å². The summed E-state index contributed by atoms with van der Waals surface area (Å²) >= 11 is 0. The molecule has 3 rings (SSSR count). The molecule has 1 amide bonds. The Hall–Kier alpha value is -1.08. The highest BCUT2D eigenvalue weighted by Crippen LogP contribution is 2.16. The van der Waals surface area contributed by atoms with Gasteiger partial charge in [0.15, 0.2) is 0 Å². The summed E-state index contributed by atoms with van der Waals surface area (Å²) in [6, 6.07) is 3.76. The molecule has 6 nitrogen and oxygen atoms in total. The quantitative estimate of drug-likeness (QED) is 0.841. The van der Waals surface area contributed by atoms with Crippen LogP contribution < -0.4 is 10.2 Å². The SMILES string of the molecule is CN1CCN(c2cc(C(=O)N3CCNCC3)ccn2)CC1.Cl.Cl. The smallest absolute Gasteiger partial charge is 0.254 e. The van der Waals surface area contributed by atoms with Crippen molar-refractivity contribution in [2.75, 3.05) is 64.3 Å². The lowest BCUT2D eigenvalue weighted by molar-refractivity contribution is 0.0735. The first kappa shape index (κ1) is 20.0. The van der Waals surface area contributed by atoms with Crippen molar-refractivity contribution in [3.63, 3.8) is 0 Å². The Morgan fingerprint density at radius 1 is 1.09 bits per heavy atom. The van der Waals surface area contributed by atoms with Gasteiger partial charge < -0.3 is 20.0 Å². The first-order valence-corrected chi connectivity index (χ1v) is 7.63. The number of hydrogen-bond donors (Lipinski definition) is 1. The van der Waals surface area contributed by atoms with Crippen LogP contribution in [0.1, 0.15) is 10.4 Å². The van der Waals surface area contributed by atoms with Gasteiger partial charge in [0.25, 0.3) is 5.91 Å². The van der Waals surface area contributed by atoms with E-state index >= 15 is 0 Å². The van der Waals surface area contributed by atoms with Crippen LogP contribution in [0.4, 0.5) is 5.82 Å². The molecule has 0 atom stereocenters. The number of rotatable bonds is 2. The monoisotopic (exact) mass is 361 g/mol. The van der Waals surface area contributed by atoms with Gasteiger partial charge in [-0.2, -0.15) is 0 Å². The number of nitrogens with one attached hydrogen (secondary N) is 1. The van der Waals surface area contributed by atoms with Gasteiger partial charge >= 0.3 is 0 Å². The maximum Gasteiger partial charge on any atom is 0.254 e. The minimum atomic E-state index is 0. The van der Waals surface area contributed by atoms with Crippen LogP contribution >= 0.6 is 24.8 Å². The van der Waals surface area contributed by atoms with Crippen LogP contribution in [0.5, 0.6) is 0 Å². The van der Waals surface area contributed by atoms with Gasteiger partial charge in [-0.25, -0.2) is 4.98 Å². The Kier molecular flexibility index (Phi) is 8.05. The third kappa shape index (κ3) is 4.94. The second kappa shape index (κ2) is 9.27. The van der Waals surface area contributed by atoms with E-state index < -0.39 is 0 Å². The zero-order valence-corrected chi connectivity index (χ0v) is 15.0. The van der Waals surface area contributed by atoms with E-state index in [0.29, 0.717) is 0 Å². The van der Waals surface area contributed by atoms with Crippen molar-refractivity contribution in [2.24, 2.45) is 0 Å². The summed E-state index contributed by atoms with van der Waals surface area (Å²) in [7, 11) is 2.13. The van der Waals surface area contributed by atoms with E-state index in [-0.39, 0.29) is 30.7 Å². The second-order valence-corrected chi connectivity index (χ2v) is 5.74. The number of hydrogen-bond acceptors (Lipinski definition) is 5. The highest BCUT2D eigenvalue weighted by Gasteiger charge is 2.20.